The van der Waals surface area contributed by atoms with E-state index in [4.69, 9.17) is 4.74 Å². The van der Waals surface area contributed by atoms with Gasteiger partial charge in [0.2, 0.25) is 0 Å². The van der Waals surface area contributed by atoms with E-state index < -0.39 is 5.97 Å². The minimum absolute atomic E-state index is 0.0956. The number of nitrogens with zero attached hydrogens (tertiary/aromatic N) is 1. The van der Waals surface area contributed by atoms with Crippen LogP contribution in [0.15, 0.2) is 24.3 Å². The van der Waals surface area contributed by atoms with Crippen molar-refractivity contribution in [3.63, 3.8) is 0 Å². The summed E-state index contributed by atoms with van der Waals surface area (Å²) >= 11 is 1.41. The summed E-state index contributed by atoms with van der Waals surface area (Å²) in [4.78, 5) is 16.2. The molecule has 1 aromatic heterocycles. The molecule has 2 aromatic rings. The van der Waals surface area contributed by atoms with E-state index in [9.17, 15) is 9.90 Å². The fraction of sp³-hybridized carbons (Fsp3) is 0.286. The van der Waals surface area contributed by atoms with Crippen LogP contribution in [0.3, 0.4) is 0 Å². The molecule has 0 spiro atoms. The first-order chi connectivity index (χ1) is 9.04. The summed E-state index contributed by atoms with van der Waals surface area (Å²) in [6.45, 7) is 3.99. The average Bonchev–Trinajstić information content (AvgIpc) is 2.83. The Kier molecular flexibility index (Phi) is 3.85. The predicted molar refractivity (Wildman–Crippen MR) is 75.2 cm³/mol. The van der Waals surface area contributed by atoms with E-state index in [1.807, 2.05) is 38.1 Å². The molecule has 1 aromatic carbocycles. The Morgan fingerprint density at radius 3 is 2.63 bits per heavy atom. The Morgan fingerprint density at radius 1 is 1.37 bits per heavy atom. The first-order valence-electron chi connectivity index (χ1n) is 5.92. The van der Waals surface area contributed by atoms with Crippen LogP contribution in [0.2, 0.25) is 0 Å². The molecule has 2 rings (SSSR count). The van der Waals surface area contributed by atoms with E-state index in [1.165, 1.54) is 11.3 Å². The van der Waals surface area contributed by atoms with Gasteiger partial charge in [0.1, 0.15) is 5.75 Å². The van der Waals surface area contributed by atoms with Crippen molar-refractivity contribution in [3.05, 3.63) is 35.0 Å². The van der Waals surface area contributed by atoms with Crippen molar-refractivity contribution < 1.29 is 14.6 Å². The van der Waals surface area contributed by atoms with Crippen LogP contribution in [0, 0.1) is 0 Å². The Labute approximate surface area is 115 Å². The number of aromatic carboxylic acids is 1. The Morgan fingerprint density at radius 2 is 2.05 bits per heavy atom. The van der Waals surface area contributed by atoms with Gasteiger partial charge < -0.3 is 9.84 Å². The Bertz CT molecular complexity index is 604. The summed E-state index contributed by atoms with van der Waals surface area (Å²) in [5.41, 5.74) is 0.866. The lowest BCUT2D eigenvalue weighted by molar-refractivity contribution is 0.0692. The molecule has 0 aliphatic rings. The number of ether oxygens (including phenoxy) is 1. The third-order valence-electron chi connectivity index (χ3n) is 2.69. The lowest BCUT2D eigenvalue weighted by Crippen LogP contribution is -2.00. The molecule has 0 aliphatic heterocycles. The van der Waals surface area contributed by atoms with Gasteiger partial charge in [-0.1, -0.05) is 26.0 Å². The molecule has 0 saturated heterocycles. The third-order valence-corrected chi connectivity index (χ3v) is 4.08. The maximum Gasteiger partial charge on any atom is 0.356 e. The van der Waals surface area contributed by atoms with E-state index >= 15 is 0 Å². The van der Waals surface area contributed by atoms with Crippen LogP contribution in [0.4, 0.5) is 0 Å². The summed E-state index contributed by atoms with van der Waals surface area (Å²) in [5.74, 6) is -0.153. The lowest BCUT2D eigenvalue weighted by Gasteiger charge is -2.06. The van der Waals surface area contributed by atoms with Gasteiger partial charge in [0, 0.05) is 11.5 Å². The normalized spacial score (nSPS) is 10.7. The molecular weight excluding hydrogens is 262 g/mol. The van der Waals surface area contributed by atoms with Gasteiger partial charge in [-0.15, -0.1) is 11.3 Å². The number of carbonyl (C=O) groups is 1. The van der Waals surface area contributed by atoms with Crippen molar-refractivity contribution in [2.45, 2.75) is 19.8 Å². The zero-order valence-corrected chi connectivity index (χ0v) is 11.8. The van der Waals surface area contributed by atoms with Crippen LogP contribution in [0.1, 0.15) is 35.3 Å². The van der Waals surface area contributed by atoms with Gasteiger partial charge in [-0.05, 0) is 12.1 Å². The highest BCUT2D eigenvalue weighted by molar-refractivity contribution is 7.15. The second-order valence-corrected chi connectivity index (χ2v) is 5.42. The maximum absolute atomic E-state index is 11.3. The minimum Gasteiger partial charge on any atom is -0.496 e. The number of hydrogen-bond acceptors (Lipinski definition) is 4. The number of benzene rings is 1. The molecule has 0 aliphatic carbocycles. The summed E-state index contributed by atoms with van der Waals surface area (Å²) in [6.07, 6.45) is 0. The van der Waals surface area contributed by atoms with Gasteiger partial charge in [-0.25, -0.2) is 9.78 Å². The number of para-hydroxylation sites is 1. The third kappa shape index (κ3) is 2.61. The summed E-state index contributed by atoms with van der Waals surface area (Å²) in [6, 6.07) is 7.38. The van der Waals surface area contributed by atoms with Gasteiger partial charge in [0.05, 0.1) is 17.0 Å². The second-order valence-electron chi connectivity index (χ2n) is 4.39. The molecule has 1 heterocycles. The zero-order chi connectivity index (χ0) is 14.0. The molecule has 0 bridgehead atoms. The predicted octanol–water partition coefficient (Wildman–Crippen LogP) is 3.64. The molecule has 0 saturated carbocycles. The maximum atomic E-state index is 11.3. The number of thiazole rings is 1. The molecule has 1 N–H and O–H groups in total. The molecule has 19 heavy (non-hydrogen) atoms. The van der Waals surface area contributed by atoms with Crippen LogP contribution in [-0.2, 0) is 0 Å². The SMILES string of the molecule is COc1ccccc1-c1sc(C(C)C)nc1C(=O)O. The molecule has 100 valence electrons. The fourth-order valence-corrected chi connectivity index (χ4v) is 2.83. The minimum atomic E-state index is -1.01. The molecule has 5 heteroatoms. The smallest absolute Gasteiger partial charge is 0.356 e. The van der Waals surface area contributed by atoms with Gasteiger partial charge in [-0.3, -0.25) is 0 Å². The number of aromatic nitrogens is 1. The van der Waals surface area contributed by atoms with Crippen LogP contribution >= 0.6 is 11.3 Å². The number of rotatable bonds is 4. The standard InChI is InChI=1S/C14H15NO3S/c1-8(2)13-15-11(14(16)17)12(19-13)9-6-4-5-7-10(9)18-3/h4-8H,1-3H3,(H,16,17). The first kappa shape index (κ1) is 13.5. The summed E-state index contributed by atoms with van der Waals surface area (Å²) < 4.78 is 5.29. The number of hydrogen-bond donors (Lipinski definition) is 1. The Hall–Kier alpha value is -1.88. The van der Waals surface area contributed by atoms with Gasteiger partial charge in [0.15, 0.2) is 5.69 Å². The van der Waals surface area contributed by atoms with E-state index in [2.05, 4.69) is 4.98 Å². The van der Waals surface area contributed by atoms with E-state index in [0.29, 0.717) is 10.6 Å². The highest BCUT2D eigenvalue weighted by atomic mass is 32.1. The lowest BCUT2D eigenvalue weighted by atomic mass is 10.1. The van der Waals surface area contributed by atoms with Crippen molar-refractivity contribution in [2.75, 3.05) is 7.11 Å². The molecule has 0 radical (unpaired) electrons. The Balaban J connectivity index is 2.63. The van der Waals surface area contributed by atoms with Crippen molar-refractivity contribution >= 4 is 17.3 Å². The number of methoxy groups -OCH3 is 1. The highest BCUT2D eigenvalue weighted by Gasteiger charge is 2.22. The topological polar surface area (TPSA) is 59.4 Å². The van der Waals surface area contributed by atoms with Crippen molar-refractivity contribution in [1.29, 1.82) is 0 Å². The van der Waals surface area contributed by atoms with E-state index in [0.717, 1.165) is 10.6 Å². The fourth-order valence-electron chi connectivity index (χ4n) is 1.74. The van der Waals surface area contributed by atoms with Gasteiger partial charge >= 0.3 is 5.97 Å². The molecule has 0 atom stereocenters. The summed E-state index contributed by atoms with van der Waals surface area (Å²) in [7, 11) is 1.57. The molecule has 0 fully saturated rings. The highest BCUT2D eigenvalue weighted by Crippen LogP contribution is 2.38. The molecule has 4 nitrogen and oxygen atoms in total. The quantitative estimate of drug-likeness (QED) is 0.926. The van der Waals surface area contributed by atoms with Gasteiger partial charge in [0.25, 0.3) is 0 Å². The van der Waals surface area contributed by atoms with E-state index in [1.54, 1.807) is 7.11 Å². The van der Waals surface area contributed by atoms with Gasteiger partial charge in [-0.2, -0.15) is 0 Å². The molecular formula is C14H15NO3S. The largest absolute Gasteiger partial charge is 0.496 e. The average molecular weight is 277 g/mol. The van der Waals surface area contributed by atoms with Crippen LogP contribution in [0.5, 0.6) is 5.75 Å². The second kappa shape index (κ2) is 5.40. The van der Waals surface area contributed by atoms with Crippen molar-refractivity contribution in [2.24, 2.45) is 0 Å². The van der Waals surface area contributed by atoms with Crippen molar-refractivity contribution in [1.82, 2.24) is 4.98 Å². The zero-order valence-electron chi connectivity index (χ0n) is 11.0. The van der Waals surface area contributed by atoms with Crippen LogP contribution in [0.25, 0.3) is 10.4 Å². The number of carboxylic acid groups (broad SMARTS) is 1. The summed E-state index contributed by atoms with van der Waals surface area (Å²) in [5, 5.41) is 10.1. The van der Waals surface area contributed by atoms with Crippen LogP contribution < -0.4 is 4.74 Å². The molecule has 0 amide bonds. The van der Waals surface area contributed by atoms with Crippen LogP contribution in [-0.4, -0.2) is 23.2 Å². The number of carboxylic acids is 1. The molecule has 0 unspecified atom stereocenters. The monoisotopic (exact) mass is 277 g/mol. The van der Waals surface area contributed by atoms with E-state index in [-0.39, 0.29) is 11.6 Å². The van der Waals surface area contributed by atoms with Crippen molar-refractivity contribution in [3.8, 4) is 16.2 Å². The first-order valence-corrected chi connectivity index (χ1v) is 6.73.